The molecule has 1 fully saturated rings. The van der Waals surface area contributed by atoms with Crippen LogP contribution in [0, 0.1) is 5.92 Å². The smallest absolute Gasteiger partial charge is 0.416 e. The van der Waals surface area contributed by atoms with Crippen LogP contribution in [-0.4, -0.2) is 35.8 Å². The van der Waals surface area contributed by atoms with Gasteiger partial charge in [-0.05, 0) is 84.8 Å². The summed E-state index contributed by atoms with van der Waals surface area (Å²) < 4.78 is 43.1. The van der Waals surface area contributed by atoms with E-state index in [9.17, 15) is 27.6 Å². The Hall–Kier alpha value is -4.14. The number of benzene rings is 3. The van der Waals surface area contributed by atoms with Crippen LogP contribution in [0.1, 0.15) is 57.5 Å². The lowest BCUT2D eigenvalue weighted by atomic mass is 9.85. The number of carbonyl (C=O) groups is 3. The lowest BCUT2D eigenvalue weighted by Gasteiger charge is -2.33. The van der Waals surface area contributed by atoms with Gasteiger partial charge in [-0.3, -0.25) is 14.4 Å². The molecule has 3 aromatic rings. The predicted octanol–water partition coefficient (Wildman–Crippen LogP) is 6.31. The maximum atomic E-state index is 13.3. The summed E-state index contributed by atoms with van der Waals surface area (Å²) in [5, 5.41) is 2.69. The molecule has 6 nitrogen and oxygen atoms in total. The number of carbonyl (C=O) groups excluding carboxylic acids is 3. The van der Waals surface area contributed by atoms with E-state index in [1.807, 2.05) is 35.2 Å². The zero-order valence-corrected chi connectivity index (χ0v) is 21.3. The highest BCUT2D eigenvalue weighted by Crippen LogP contribution is 2.35. The normalized spacial score (nSPS) is 19.0. The largest absolute Gasteiger partial charge is 0.469 e. The minimum absolute atomic E-state index is 0.00575. The van der Waals surface area contributed by atoms with Crippen molar-refractivity contribution in [3.05, 3.63) is 89.0 Å². The van der Waals surface area contributed by atoms with Crippen molar-refractivity contribution < 1.29 is 32.3 Å². The third-order valence-corrected chi connectivity index (χ3v) is 7.56. The fourth-order valence-corrected chi connectivity index (χ4v) is 5.35. The van der Waals surface area contributed by atoms with Gasteiger partial charge in [0.25, 0.3) is 11.8 Å². The minimum atomic E-state index is -4.46. The second kappa shape index (κ2) is 10.6. The van der Waals surface area contributed by atoms with Gasteiger partial charge in [0.15, 0.2) is 0 Å². The van der Waals surface area contributed by atoms with Crippen molar-refractivity contribution in [1.29, 1.82) is 0 Å². The number of hydrogen-bond acceptors (Lipinski definition) is 4. The number of esters is 1. The lowest BCUT2D eigenvalue weighted by molar-refractivity contribution is -0.146. The number of methoxy groups -OCH3 is 1. The van der Waals surface area contributed by atoms with Gasteiger partial charge in [0, 0.05) is 29.4 Å². The van der Waals surface area contributed by atoms with Crippen molar-refractivity contribution in [2.45, 2.75) is 44.4 Å². The molecule has 1 aliphatic carbocycles. The first-order chi connectivity index (χ1) is 18.6. The third-order valence-electron chi connectivity index (χ3n) is 7.56. The number of rotatable bonds is 5. The van der Waals surface area contributed by atoms with Crippen LogP contribution in [-0.2, 0) is 22.3 Å². The monoisotopic (exact) mass is 536 g/mol. The third kappa shape index (κ3) is 5.53. The topological polar surface area (TPSA) is 75.7 Å². The van der Waals surface area contributed by atoms with E-state index in [0.717, 1.165) is 53.8 Å². The summed E-state index contributed by atoms with van der Waals surface area (Å²) in [5.41, 5.74) is 3.16. The fraction of sp³-hybridized carbons (Fsp3) is 0.300. The van der Waals surface area contributed by atoms with E-state index >= 15 is 0 Å². The first-order valence-corrected chi connectivity index (χ1v) is 12.7. The number of alkyl halides is 3. The Morgan fingerprint density at radius 3 is 2.15 bits per heavy atom. The van der Waals surface area contributed by atoms with Gasteiger partial charge in [-0.15, -0.1) is 0 Å². The maximum absolute atomic E-state index is 13.3. The first kappa shape index (κ1) is 26.5. The van der Waals surface area contributed by atoms with Crippen LogP contribution >= 0.6 is 0 Å². The molecule has 202 valence electrons. The van der Waals surface area contributed by atoms with E-state index in [2.05, 4.69) is 5.32 Å². The Bertz CT molecular complexity index is 1390. The molecule has 0 unspecified atom stereocenters. The van der Waals surface area contributed by atoms with Gasteiger partial charge in [0.1, 0.15) is 0 Å². The van der Waals surface area contributed by atoms with Gasteiger partial charge in [0.2, 0.25) is 0 Å². The quantitative estimate of drug-likeness (QED) is 0.388. The fourth-order valence-electron chi connectivity index (χ4n) is 5.35. The molecule has 0 radical (unpaired) electrons. The Morgan fingerprint density at radius 1 is 0.897 bits per heavy atom. The highest BCUT2D eigenvalue weighted by molar-refractivity contribution is 6.04. The minimum Gasteiger partial charge on any atom is -0.469 e. The molecule has 0 saturated heterocycles. The van der Waals surface area contributed by atoms with Crippen LogP contribution in [0.3, 0.4) is 0 Å². The van der Waals surface area contributed by atoms with Crippen LogP contribution in [0.5, 0.6) is 0 Å². The molecular weight excluding hydrogens is 509 g/mol. The van der Waals surface area contributed by atoms with Crippen LogP contribution in [0.4, 0.5) is 18.9 Å². The van der Waals surface area contributed by atoms with Crippen molar-refractivity contribution in [1.82, 2.24) is 4.90 Å². The number of ether oxygens (including phenoxy) is 1. The van der Waals surface area contributed by atoms with E-state index < -0.39 is 17.6 Å². The number of nitrogens with one attached hydrogen (secondary N) is 1. The zero-order chi connectivity index (χ0) is 27.7. The van der Waals surface area contributed by atoms with Gasteiger partial charge in [-0.25, -0.2) is 0 Å². The van der Waals surface area contributed by atoms with Gasteiger partial charge < -0.3 is 15.0 Å². The molecule has 2 aliphatic rings. The van der Waals surface area contributed by atoms with E-state index in [0.29, 0.717) is 30.6 Å². The molecular formula is C30H27F3N2O4. The molecule has 1 heterocycles. The Balaban J connectivity index is 1.23. The SMILES string of the molecule is COC(=O)C1CCC(N2Cc3ccc(-c4ccc(NC(=O)c5ccc(C(F)(F)F)cc5)cc4)cc3C2=O)CC1. The molecule has 39 heavy (non-hydrogen) atoms. The average molecular weight is 537 g/mol. The maximum Gasteiger partial charge on any atom is 0.416 e. The number of amides is 2. The molecule has 1 aliphatic heterocycles. The molecule has 1 N–H and O–H groups in total. The number of halogens is 3. The number of nitrogens with zero attached hydrogens (tertiary/aromatic N) is 1. The molecule has 0 bridgehead atoms. The van der Waals surface area contributed by atoms with Crippen molar-refractivity contribution >= 4 is 23.5 Å². The summed E-state index contributed by atoms with van der Waals surface area (Å²) in [5.74, 6) is -0.797. The number of fused-ring (bicyclic) bond motifs is 1. The molecule has 1 saturated carbocycles. The number of hydrogen-bond donors (Lipinski definition) is 1. The Labute approximate surface area is 223 Å². The second-order valence-corrected chi connectivity index (χ2v) is 9.94. The van der Waals surface area contributed by atoms with Crippen molar-refractivity contribution in [3.63, 3.8) is 0 Å². The summed E-state index contributed by atoms with van der Waals surface area (Å²) in [4.78, 5) is 39.5. The Morgan fingerprint density at radius 2 is 1.54 bits per heavy atom. The van der Waals surface area contributed by atoms with Crippen molar-refractivity contribution in [3.8, 4) is 11.1 Å². The van der Waals surface area contributed by atoms with Gasteiger partial charge in [0.05, 0.1) is 18.6 Å². The van der Waals surface area contributed by atoms with Gasteiger partial charge in [-0.1, -0.05) is 24.3 Å². The predicted molar refractivity (Wildman–Crippen MR) is 139 cm³/mol. The van der Waals surface area contributed by atoms with Crippen molar-refractivity contribution in [2.24, 2.45) is 5.92 Å². The molecule has 0 aromatic heterocycles. The number of anilines is 1. The van der Waals surface area contributed by atoms with Gasteiger partial charge >= 0.3 is 12.1 Å². The van der Waals surface area contributed by atoms with E-state index in [1.54, 1.807) is 12.1 Å². The van der Waals surface area contributed by atoms with Crippen LogP contribution < -0.4 is 5.32 Å². The summed E-state index contributed by atoms with van der Waals surface area (Å²) in [7, 11) is 1.40. The summed E-state index contributed by atoms with van der Waals surface area (Å²) in [6.07, 6.45) is -1.50. The van der Waals surface area contributed by atoms with Crippen LogP contribution in [0.2, 0.25) is 0 Å². The lowest BCUT2D eigenvalue weighted by Crippen LogP contribution is -2.39. The Kier molecular flexibility index (Phi) is 7.16. The summed E-state index contributed by atoms with van der Waals surface area (Å²) in [6, 6.07) is 17.0. The highest BCUT2D eigenvalue weighted by atomic mass is 19.4. The first-order valence-electron chi connectivity index (χ1n) is 12.7. The highest BCUT2D eigenvalue weighted by Gasteiger charge is 2.36. The molecule has 9 heteroatoms. The zero-order valence-electron chi connectivity index (χ0n) is 21.3. The summed E-state index contributed by atoms with van der Waals surface area (Å²) in [6.45, 7) is 0.553. The van der Waals surface area contributed by atoms with Crippen LogP contribution in [0.15, 0.2) is 66.7 Å². The van der Waals surface area contributed by atoms with E-state index in [1.165, 1.54) is 7.11 Å². The molecule has 5 rings (SSSR count). The molecule has 0 atom stereocenters. The van der Waals surface area contributed by atoms with Crippen LogP contribution in [0.25, 0.3) is 11.1 Å². The molecule has 0 spiro atoms. The standard InChI is InChI=1S/C30H27F3N2O4/c1-39-29(38)20-8-14-25(15-9-20)35-17-22-3-2-21(16-26(22)28(35)37)18-6-12-24(13-7-18)34-27(36)19-4-10-23(11-5-19)30(31,32)33/h2-7,10-13,16,20,25H,8-9,14-15,17H2,1H3,(H,34,36). The van der Waals surface area contributed by atoms with E-state index in [-0.39, 0.29) is 29.4 Å². The van der Waals surface area contributed by atoms with E-state index in [4.69, 9.17) is 4.74 Å². The second-order valence-electron chi connectivity index (χ2n) is 9.94. The van der Waals surface area contributed by atoms with Crippen molar-refractivity contribution in [2.75, 3.05) is 12.4 Å². The molecule has 3 aromatic carbocycles. The van der Waals surface area contributed by atoms with Gasteiger partial charge in [-0.2, -0.15) is 13.2 Å². The molecule has 2 amide bonds. The average Bonchev–Trinajstić information content (AvgIpc) is 3.28. The summed E-state index contributed by atoms with van der Waals surface area (Å²) >= 11 is 0.